The van der Waals surface area contributed by atoms with Crippen LogP contribution in [-0.4, -0.2) is 26.5 Å². The molecule has 0 atom stereocenters. The summed E-state index contributed by atoms with van der Waals surface area (Å²) in [4.78, 5) is 26.6. The summed E-state index contributed by atoms with van der Waals surface area (Å²) in [6, 6.07) is 1.38. The molecule has 6 nitrogen and oxygen atoms in total. The van der Waals surface area contributed by atoms with Crippen LogP contribution in [0.1, 0.15) is 18.9 Å². The first kappa shape index (κ1) is 13.5. The van der Waals surface area contributed by atoms with E-state index in [-0.39, 0.29) is 5.56 Å². The average Bonchev–Trinajstić information content (AvgIpc) is 2.40. The molecule has 0 fully saturated rings. The molecular formula is C12H15N5OS. The van der Waals surface area contributed by atoms with Crippen LogP contribution in [0.3, 0.4) is 0 Å². The van der Waals surface area contributed by atoms with Gasteiger partial charge in [0.1, 0.15) is 5.03 Å². The molecule has 100 valence electrons. The second kappa shape index (κ2) is 6.33. The van der Waals surface area contributed by atoms with Crippen molar-refractivity contribution in [2.24, 2.45) is 0 Å². The van der Waals surface area contributed by atoms with Crippen molar-refractivity contribution in [1.82, 2.24) is 19.9 Å². The molecule has 2 N–H and O–H groups in total. The Hall–Kier alpha value is -1.89. The lowest BCUT2D eigenvalue weighted by Gasteiger charge is -2.07. The highest BCUT2D eigenvalue weighted by atomic mass is 32.2. The summed E-state index contributed by atoms with van der Waals surface area (Å²) in [5.41, 5.74) is 0.770. The summed E-state index contributed by atoms with van der Waals surface area (Å²) in [6.07, 6.45) is 4.25. The fraction of sp³-hybridized carbons (Fsp3) is 0.333. The van der Waals surface area contributed by atoms with E-state index in [4.69, 9.17) is 0 Å². The first-order chi connectivity index (χ1) is 9.19. The lowest BCUT2D eigenvalue weighted by atomic mass is 10.4. The van der Waals surface area contributed by atoms with Crippen LogP contribution in [0.25, 0.3) is 0 Å². The van der Waals surface area contributed by atoms with E-state index >= 15 is 0 Å². The number of hydrogen-bond donors (Lipinski definition) is 2. The standard InChI is InChI=1S/C12H15N5OS/c1-3-5-13-11-15-7-8(2)10(17-11)19-12-14-6-4-9(18)16-12/h4,6-7H,3,5H2,1-2H3,(H,13,15,17)(H,14,16,18). The van der Waals surface area contributed by atoms with Gasteiger partial charge >= 0.3 is 0 Å². The first-order valence-electron chi connectivity index (χ1n) is 5.99. The zero-order valence-electron chi connectivity index (χ0n) is 10.8. The third kappa shape index (κ3) is 3.78. The van der Waals surface area contributed by atoms with Crippen molar-refractivity contribution in [2.45, 2.75) is 30.5 Å². The minimum absolute atomic E-state index is 0.173. The van der Waals surface area contributed by atoms with Crippen LogP contribution >= 0.6 is 11.8 Å². The zero-order chi connectivity index (χ0) is 13.7. The number of rotatable bonds is 5. The summed E-state index contributed by atoms with van der Waals surface area (Å²) >= 11 is 1.32. The molecule has 0 unspecified atom stereocenters. The van der Waals surface area contributed by atoms with Crippen LogP contribution < -0.4 is 10.9 Å². The monoisotopic (exact) mass is 277 g/mol. The number of aromatic nitrogens is 4. The normalized spacial score (nSPS) is 10.4. The summed E-state index contributed by atoms with van der Waals surface area (Å²) in [5, 5.41) is 4.44. The molecule has 2 rings (SSSR count). The Morgan fingerprint density at radius 3 is 3.00 bits per heavy atom. The van der Waals surface area contributed by atoms with Gasteiger partial charge in [0.15, 0.2) is 5.16 Å². The summed E-state index contributed by atoms with van der Waals surface area (Å²) in [5.74, 6) is 0.591. The molecule has 2 aromatic heterocycles. The molecule has 0 radical (unpaired) electrons. The van der Waals surface area contributed by atoms with Gasteiger partial charge in [-0.05, 0) is 25.1 Å². The Bertz CT molecular complexity index is 613. The van der Waals surface area contributed by atoms with E-state index in [0.29, 0.717) is 11.1 Å². The smallest absolute Gasteiger partial charge is 0.251 e. The predicted molar refractivity (Wildman–Crippen MR) is 74.5 cm³/mol. The molecule has 7 heteroatoms. The van der Waals surface area contributed by atoms with E-state index in [1.807, 2.05) is 6.92 Å². The third-order valence-corrected chi connectivity index (χ3v) is 3.31. The van der Waals surface area contributed by atoms with E-state index in [1.54, 1.807) is 6.20 Å². The SMILES string of the molecule is CCCNc1ncc(C)c(Sc2nccc(=O)[nH]2)n1. The topological polar surface area (TPSA) is 83.6 Å². The van der Waals surface area contributed by atoms with Crippen LogP contribution in [-0.2, 0) is 0 Å². The number of aromatic amines is 1. The zero-order valence-corrected chi connectivity index (χ0v) is 11.6. The lowest BCUT2D eigenvalue weighted by Crippen LogP contribution is -2.07. The maximum Gasteiger partial charge on any atom is 0.251 e. The van der Waals surface area contributed by atoms with Crippen LogP contribution in [0.15, 0.2) is 33.4 Å². The van der Waals surface area contributed by atoms with E-state index in [1.165, 1.54) is 24.0 Å². The Morgan fingerprint density at radius 2 is 2.26 bits per heavy atom. The van der Waals surface area contributed by atoms with Gasteiger partial charge in [-0.3, -0.25) is 4.79 Å². The van der Waals surface area contributed by atoms with Crippen molar-refractivity contribution < 1.29 is 0 Å². The molecule has 0 aliphatic heterocycles. The minimum atomic E-state index is -0.173. The van der Waals surface area contributed by atoms with E-state index in [2.05, 4.69) is 32.2 Å². The molecule has 0 amide bonds. The van der Waals surface area contributed by atoms with Gasteiger partial charge in [0, 0.05) is 30.6 Å². The number of aryl methyl sites for hydroxylation is 1. The number of hydrogen-bond acceptors (Lipinski definition) is 6. The Morgan fingerprint density at radius 1 is 1.42 bits per heavy atom. The molecular weight excluding hydrogens is 262 g/mol. The highest BCUT2D eigenvalue weighted by Gasteiger charge is 2.07. The number of anilines is 1. The Labute approximate surface area is 115 Å². The van der Waals surface area contributed by atoms with Crippen LogP contribution in [0.5, 0.6) is 0 Å². The highest BCUT2D eigenvalue weighted by molar-refractivity contribution is 7.99. The molecule has 0 aliphatic carbocycles. The maximum atomic E-state index is 11.2. The van der Waals surface area contributed by atoms with Gasteiger partial charge in [-0.15, -0.1) is 0 Å². The lowest BCUT2D eigenvalue weighted by molar-refractivity contribution is 0.909. The first-order valence-corrected chi connectivity index (χ1v) is 6.81. The predicted octanol–water partition coefficient (Wildman–Crippen LogP) is 1.84. The van der Waals surface area contributed by atoms with Gasteiger partial charge in [0.25, 0.3) is 5.56 Å². The van der Waals surface area contributed by atoms with Gasteiger partial charge in [0.05, 0.1) is 0 Å². The largest absolute Gasteiger partial charge is 0.354 e. The molecule has 0 saturated heterocycles. The van der Waals surface area contributed by atoms with Crippen molar-refractivity contribution in [3.63, 3.8) is 0 Å². The van der Waals surface area contributed by atoms with Crippen LogP contribution in [0.2, 0.25) is 0 Å². The van der Waals surface area contributed by atoms with Crippen molar-refractivity contribution in [3.8, 4) is 0 Å². The van der Waals surface area contributed by atoms with E-state index in [0.717, 1.165) is 23.6 Å². The Kier molecular flexibility index (Phi) is 4.51. The van der Waals surface area contributed by atoms with Gasteiger partial charge in [-0.25, -0.2) is 15.0 Å². The van der Waals surface area contributed by atoms with Crippen molar-refractivity contribution in [1.29, 1.82) is 0 Å². The second-order valence-electron chi connectivity index (χ2n) is 3.95. The molecule has 0 aromatic carbocycles. The fourth-order valence-electron chi connectivity index (χ4n) is 1.35. The molecule has 0 saturated carbocycles. The Balaban J connectivity index is 2.21. The molecule has 2 heterocycles. The minimum Gasteiger partial charge on any atom is -0.354 e. The summed E-state index contributed by atoms with van der Waals surface area (Å²) in [7, 11) is 0. The maximum absolute atomic E-state index is 11.2. The number of nitrogens with zero attached hydrogens (tertiary/aromatic N) is 3. The van der Waals surface area contributed by atoms with E-state index < -0.39 is 0 Å². The number of H-pyrrole nitrogens is 1. The van der Waals surface area contributed by atoms with Crippen LogP contribution in [0, 0.1) is 6.92 Å². The third-order valence-electron chi connectivity index (χ3n) is 2.30. The molecule has 19 heavy (non-hydrogen) atoms. The summed E-state index contributed by atoms with van der Waals surface area (Å²) < 4.78 is 0. The van der Waals surface area contributed by atoms with Gasteiger partial charge < -0.3 is 10.3 Å². The molecule has 0 spiro atoms. The van der Waals surface area contributed by atoms with Crippen molar-refractivity contribution in [3.05, 3.63) is 34.4 Å². The number of nitrogens with one attached hydrogen (secondary N) is 2. The summed E-state index contributed by atoms with van der Waals surface area (Å²) in [6.45, 7) is 4.83. The van der Waals surface area contributed by atoms with E-state index in [9.17, 15) is 4.79 Å². The van der Waals surface area contributed by atoms with Crippen molar-refractivity contribution >= 4 is 17.7 Å². The van der Waals surface area contributed by atoms with Gasteiger partial charge in [0.2, 0.25) is 5.95 Å². The fourth-order valence-corrected chi connectivity index (χ4v) is 2.14. The highest BCUT2D eigenvalue weighted by Crippen LogP contribution is 2.25. The molecule has 2 aromatic rings. The van der Waals surface area contributed by atoms with Gasteiger partial charge in [-0.1, -0.05) is 6.92 Å². The molecule has 0 bridgehead atoms. The second-order valence-corrected chi connectivity index (χ2v) is 4.93. The van der Waals surface area contributed by atoms with Crippen LogP contribution in [0.4, 0.5) is 5.95 Å². The quantitative estimate of drug-likeness (QED) is 0.641. The van der Waals surface area contributed by atoms with Gasteiger partial charge in [-0.2, -0.15) is 0 Å². The average molecular weight is 277 g/mol. The van der Waals surface area contributed by atoms with Crippen molar-refractivity contribution in [2.75, 3.05) is 11.9 Å². The molecule has 0 aliphatic rings.